The van der Waals surface area contributed by atoms with Gasteiger partial charge in [0.05, 0.1) is 18.5 Å². The Bertz CT molecular complexity index is 1520. The van der Waals surface area contributed by atoms with E-state index in [2.05, 4.69) is 55.6 Å². The number of H-pyrrole nitrogens is 1. The van der Waals surface area contributed by atoms with Crippen molar-refractivity contribution in [1.29, 1.82) is 0 Å². The van der Waals surface area contributed by atoms with Gasteiger partial charge in [0, 0.05) is 46.1 Å². The first-order valence-corrected chi connectivity index (χ1v) is 12.1. The molecule has 0 radical (unpaired) electrons. The summed E-state index contributed by atoms with van der Waals surface area (Å²) < 4.78 is 0. The average molecular weight is 485 g/mol. The van der Waals surface area contributed by atoms with E-state index in [4.69, 9.17) is 5.11 Å². The van der Waals surface area contributed by atoms with Crippen molar-refractivity contribution >= 4 is 44.2 Å². The second-order valence-electron chi connectivity index (χ2n) is 8.19. The summed E-state index contributed by atoms with van der Waals surface area (Å²) in [5.41, 5.74) is 5.06. The van der Waals surface area contributed by atoms with Crippen LogP contribution < -0.4 is 5.32 Å². The Morgan fingerprint density at radius 2 is 2.03 bits per heavy atom. The van der Waals surface area contributed by atoms with E-state index in [1.165, 1.54) is 17.3 Å². The molecule has 0 spiro atoms. The average Bonchev–Trinajstić information content (AvgIpc) is 3.48. The maximum Gasteiger partial charge on any atom is 0.251 e. The highest BCUT2D eigenvalue weighted by molar-refractivity contribution is 7.18. The lowest BCUT2D eigenvalue weighted by atomic mass is 10.1. The lowest BCUT2D eigenvalue weighted by Crippen LogP contribution is -2.26. The minimum atomic E-state index is -0.194. The van der Waals surface area contributed by atoms with Crippen LogP contribution in [0.5, 0.6) is 0 Å². The number of hydrogen-bond acceptors (Lipinski definition) is 7. The number of carbonyl (C=O) groups excluding carboxylic acids is 1. The Balaban J connectivity index is 1.31. The summed E-state index contributed by atoms with van der Waals surface area (Å²) in [5.74, 6) is 0.366. The number of carbonyl (C=O) groups is 1. The van der Waals surface area contributed by atoms with Crippen LogP contribution in [-0.2, 0) is 13.0 Å². The molecule has 5 aromatic rings. The Morgan fingerprint density at radius 3 is 2.86 bits per heavy atom. The first kappa shape index (κ1) is 22.8. The molecule has 3 heterocycles. The van der Waals surface area contributed by atoms with Crippen molar-refractivity contribution in [2.75, 3.05) is 13.2 Å². The van der Waals surface area contributed by atoms with Crippen molar-refractivity contribution in [2.24, 2.45) is 10.2 Å². The van der Waals surface area contributed by atoms with Crippen molar-refractivity contribution in [2.45, 2.75) is 19.9 Å². The van der Waals surface area contributed by atoms with E-state index >= 15 is 0 Å². The van der Waals surface area contributed by atoms with Gasteiger partial charge in [-0.2, -0.15) is 5.11 Å². The molecule has 5 rings (SSSR count). The van der Waals surface area contributed by atoms with Gasteiger partial charge in [0.1, 0.15) is 11.2 Å². The number of nitrogens with zero attached hydrogens (tertiary/aromatic N) is 4. The van der Waals surface area contributed by atoms with Gasteiger partial charge in [0.25, 0.3) is 5.91 Å². The number of rotatable bonds is 8. The number of benzene rings is 2. The van der Waals surface area contributed by atoms with Crippen LogP contribution in [0, 0.1) is 6.92 Å². The minimum Gasteiger partial charge on any atom is -0.395 e. The van der Waals surface area contributed by atoms with Gasteiger partial charge in [-0.1, -0.05) is 24.3 Å². The summed E-state index contributed by atoms with van der Waals surface area (Å²) in [6, 6.07) is 15.7. The number of nitrogens with one attached hydrogen (secondary N) is 2. The number of hydrogen-bond donors (Lipinski definition) is 3. The van der Waals surface area contributed by atoms with Crippen molar-refractivity contribution < 1.29 is 9.90 Å². The lowest BCUT2D eigenvalue weighted by molar-refractivity contribution is 0.0945. The quantitative estimate of drug-likeness (QED) is 0.266. The number of aromatic amines is 1. The molecule has 8 nitrogen and oxygen atoms in total. The fourth-order valence-corrected chi connectivity index (χ4v) is 5.08. The topological polar surface area (TPSA) is 116 Å². The van der Waals surface area contributed by atoms with Gasteiger partial charge in [0.2, 0.25) is 0 Å². The molecule has 0 saturated carbocycles. The highest BCUT2D eigenvalue weighted by Gasteiger charge is 2.11. The molecular weight excluding hydrogens is 460 g/mol. The van der Waals surface area contributed by atoms with E-state index in [0.717, 1.165) is 31.7 Å². The van der Waals surface area contributed by atoms with Crippen LogP contribution in [-0.4, -0.2) is 39.1 Å². The van der Waals surface area contributed by atoms with Crippen LogP contribution in [0.3, 0.4) is 0 Å². The van der Waals surface area contributed by atoms with Crippen LogP contribution in [0.15, 0.2) is 71.3 Å². The van der Waals surface area contributed by atoms with E-state index in [1.54, 1.807) is 23.5 Å². The third kappa shape index (κ3) is 4.96. The Kier molecular flexibility index (Phi) is 6.60. The highest BCUT2D eigenvalue weighted by Crippen LogP contribution is 2.31. The molecule has 0 aliphatic heterocycles. The number of aliphatic hydroxyl groups excluding tert-OH is 1. The van der Waals surface area contributed by atoms with Crippen molar-refractivity contribution in [3.05, 3.63) is 88.2 Å². The normalized spacial score (nSPS) is 11.6. The molecule has 35 heavy (non-hydrogen) atoms. The first-order chi connectivity index (χ1) is 17.1. The molecule has 0 aliphatic rings. The predicted molar refractivity (Wildman–Crippen MR) is 137 cm³/mol. The van der Waals surface area contributed by atoms with Gasteiger partial charge >= 0.3 is 0 Å². The number of amides is 1. The maximum atomic E-state index is 12.0. The Morgan fingerprint density at radius 1 is 1.17 bits per heavy atom. The minimum absolute atomic E-state index is 0.0805. The molecular formula is C26H24N6O2S. The van der Waals surface area contributed by atoms with Crippen LogP contribution >= 0.6 is 11.3 Å². The summed E-state index contributed by atoms with van der Waals surface area (Å²) in [5, 5.41) is 22.4. The third-order valence-corrected chi connectivity index (χ3v) is 6.80. The SMILES string of the molecule is Cc1cccc2[nH]cc(CN=Nc3ncnc4sc(Cc5ccc(C(=O)NCCO)cc5)cc34)c12. The lowest BCUT2D eigenvalue weighted by Gasteiger charge is -2.04. The zero-order chi connectivity index (χ0) is 24.2. The fraction of sp³-hybridized carbons (Fsp3) is 0.192. The van der Waals surface area contributed by atoms with Crippen molar-refractivity contribution in [1.82, 2.24) is 20.3 Å². The van der Waals surface area contributed by atoms with E-state index < -0.39 is 0 Å². The molecule has 0 bridgehead atoms. The summed E-state index contributed by atoms with van der Waals surface area (Å²) >= 11 is 1.60. The molecule has 0 atom stereocenters. The molecule has 2 aromatic carbocycles. The molecule has 176 valence electrons. The first-order valence-electron chi connectivity index (χ1n) is 11.3. The summed E-state index contributed by atoms with van der Waals surface area (Å²) in [4.78, 5) is 26.1. The smallest absolute Gasteiger partial charge is 0.251 e. The van der Waals surface area contributed by atoms with Crippen molar-refractivity contribution in [3.8, 4) is 0 Å². The summed E-state index contributed by atoms with van der Waals surface area (Å²) in [7, 11) is 0. The van der Waals surface area contributed by atoms with Gasteiger partial charge in [-0.05, 0) is 42.3 Å². The number of fused-ring (bicyclic) bond motifs is 2. The number of aryl methyl sites for hydroxylation is 1. The molecule has 0 aliphatic carbocycles. The number of azo groups is 1. The van der Waals surface area contributed by atoms with E-state index in [-0.39, 0.29) is 19.1 Å². The Labute approximate surface area is 205 Å². The van der Waals surface area contributed by atoms with E-state index in [1.807, 2.05) is 24.4 Å². The predicted octanol–water partition coefficient (Wildman–Crippen LogP) is 5.08. The monoisotopic (exact) mass is 484 g/mol. The van der Waals surface area contributed by atoms with Crippen molar-refractivity contribution in [3.63, 3.8) is 0 Å². The van der Waals surface area contributed by atoms with Crippen LogP contribution in [0.25, 0.3) is 21.1 Å². The van der Waals surface area contributed by atoms with E-state index in [9.17, 15) is 4.79 Å². The second-order valence-corrected chi connectivity index (χ2v) is 9.31. The number of thiophene rings is 1. The maximum absolute atomic E-state index is 12.0. The van der Waals surface area contributed by atoms with Gasteiger partial charge < -0.3 is 15.4 Å². The molecule has 0 unspecified atom stereocenters. The fourth-order valence-electron chi connectivity index (χ4n) is 4.06. The highest BCUT2D eigenvalue weighted by atomic mass is 32.1. The number of aromatic nitrogens is 3. The van der Waals surface area contributed by atoms with Gasteiger partial charge in [-0.3, -0.25) is 4.79 Å². The summed E-state index contributed by atoms with van der Waals surface area (Å²) in [6.07, 6.45) is 4.22. The molecule has 0 saturated heterocycles. The Hall–Kier alpha value is -3.95. The molecule has 0 fully saturated rings. The second kappa shape index (κ2) is 10.1. The van der Waals surface area contributed by atoms with Crippen LogP contribution in [0.1, 0.15) is 31.9 Å². The van der Waals surface area contributed by atoms with E-state index in [0.29, 0.717) is 24.3 Å². The molecule has 3 aromatic heterocycles. The molecule has 1 amide bonds. The zero-order valence-electron chi connectivity index (χ0n) is 19.2. The van der Waals surface area contributed by atoms with Gasteiger partial charge in [-0.25, -0.2) is 9.97 Å². The molecule has 9 heteroatoms. The van der Waals surface area contributed by atoms with Crippen LogP contribution in [0.4, 0.5) is 5.82 Å². The third-order valence-electron chi connectivity index (χ3n) is 5.75. The zero-order valence-corrected chi connectivity index (χ0v) is 20.0. The standard InChI is InChI=1S/C26H24N6O2S/c1-16-3-2-4-22-23(16)19(13-28-22)14-31-32-24-21-12-20(35-26(21)30-15-29-24)11-17-5-7-18(8-6-17)25(34)27-9-10-33/h2-8,12-13,15,28,33H,9-11,14H2,1H3,(H,27,34). The van der Waals surface area contributed by atoms with Gasteiger partial charge in [-0.15, -0.1) is 16.5 Å². The number of aliphatic hydroxyl groups is 1. The molecule has 3 N–H and O–H groups in total. The largest absolute Gasteiger partial charge is 0.395 e. The summed E-state index contributed by atoms with van der Waals surface area (Å²) in [6.45, 7) is 2.72. The van der Waals surface area contributed by atoms with Gasteiger partial charge in [0.15, 0.2) is 5.82 Å². The van der Waals surface area contributed by atoms with Crippen LogP contribution in [0.2, 0.25) is 0 Å².